The Morgan fingerprint density at radius 3 is 2.29 bits per heavy atom. The van der Waals surface area contributed by atoms with E-state index in [1.54, 1.807) is 31.2 Å². The van der Waals surface area contributed by atoms with Gasteiger partial charge in [-0.3, -0.25) is 0 Å². The fourth-order valence-electron chi connectivity index (χ4n) is 2.31. The summed E-state index contributed by atoms with van der Waals surface area (Å²) in [6.45, 7) is 10.1. The number of carbonyl (C=O) groups is 2. The van der Waals surface area contributed by atoms with Gasteiger partial charge in [0.15, 0.2) is 0 Å². The number of carboxylic acids is 1. The van der Waals surface area contributed by atoms with E-state index in [0.717, 1.165) is 11.1 Å². The monoisotopic (exact) mass is 468 g/mol. The fraction of sp³-hybridized carbons (Fsp3) is 0.217. The van der Waals surface area contributed by atoms with E-state index in [1.165, 1.54) is 6.92 Å². The molecule has 1 aromatic rings. The SMILES string of the molecule is C=CC(C)=CC(C=Cc1ccccc1)=C(CCCS(=O)(=O)OC(=O)C(=C)C)C(=O)[O-].[K+]. The largest absolute Gasteiger partial charge is 1.00 e. The number of carbonyl (C=O) groups excluding carboxylic acids is 2. The second-order valence-electron chi connectivity index (χ2n) is 6.57. The van der Waals surface area contributed by atoms with E-state index in [-0.39, 0.29) is 75.4 Å². The van der Waals surface area contributed by atoms with Crippen LogP contribution < -0.4 is 56.5 Å². The summed E-state index contributed by atoms with van der Waals surface area (Å²) in [7, 11) is -4.15. The molecule has 1 rings (SSSR count). The molecule has 0 atom stereocenters. The third-order valence-electron chi connectivity index (χ3n) is 3.93. The van der Waals surface area contributed by atoms with Crippen LogP contribution in [0.2, 0.25) is 0 Å². The summed E-state index contributed by atoms with van der Waals surface area (Å²) in [5.41, 5.74) is 1.85. The summed E-state index contributed by atoms with van der Waals surface area (Å²) >= 11 is 0. The first-order chi connectivity index (χ1) is 14.1. The van der Waals surface area contributed by atoms with Crippen molar-refractivity contribution < 1.29 is 78.7 Å². The summed E-state index contributed by atoms with van der Waals surface area (Å²) in [6, 6.07) is 9.29. The Kier molecular flexibility index (Phi) is 13.8. The second kappa shape index (κ2) is 14.5. The van der Waals surface area contributed by atoms with Crippen molar-refractivity contribution in [1.29, 1.82) is 0 Å². The van der Waals surface area contributed by atoms with Crippen molar-refractivity contribution in [1.82, 2.24) is 0 Å². The molecule has 0 radical (unpaired) electrons. The molecule has 0 aromatic heterocycles. The molecule has 0 spiro atoms. The number of aliphatic carboxylic acids is 1. The summed E-state index contributed by atoms with van der Waals surface area (Å²) in [4.78, 5) is 23.1. The van der Waals surface area contributed by atoms with Crippen LogP contribution in [-0.2, 0) is 23.9 Å². The summed E-state index contributed by atoms with van der Waals surface area (Å²) < 4.78 is 28.2. The molecule has 0 aliphatic heterocycles. The van der Waals surface area contributed by atoms with E-state index in [1.807, 2.05) is 30.3 Å². The van der Waals surface area contributed by atoms with Gasteiger partial charge in [0.25, 0.3) is 0 Å². The number of benzene rings is 1. The molecule has 0 aliphatic carbocycles. The van der Waals surface area contributed by atoms with Crippen molar-refractivity contribution in [3.8, 4) is 0 Å². The topological polar surface area (TPSA) is 101 Å². The van der Waals surface area contributed by atoms with E-state index in [4.69, 9.17) is 0 Å². The average Bonchev–Trinajstić information content (AvgIpc) is 2.68. The minimum Gasteiger partial charge on any atom is -0.545 e. The zero-order chi connectivity index (χ0) is 22.7. The van der Waals surface area contributed by atoms with Crippen molar-refractivity contribution in [3.05, 3.63) is 89.6 Å². The van der Waals surface area contributed by atoms with Crippen molar-refractivity contribution in [2.24, 2.45) is 0 Å². The number of hydrogen-bond donors (Lipinski definition) is 0. The molecule has 0 heterocycles. The zero-order valence-corrected chi connectivity index (χ0v) is 22.0. The summed E-state index contributed by atoms with van der Waals surface area (Å²) in [5, 5.41) is 11.7. The van der Waals surface area contributed by atoms with Crippen LogP contribution in [0.25, 0.3) is 6.08 Å². The van der Waals surface area contributed by atoms with E-state index >= 15 is 0 Å². The Balaban J connectivity index is 0.00000900. The molecule has 0 bridgehead atoms. The standard InChI is InChI=1S/C23H26O6S.K/c1-5-18(4)16-20(14-13-19-10-7-6-8-11-19)21(22(24)25)12-9-15-30(27,28)29-23(26)17(2)3;/h5-8,10-11,13-14,16H,1-2,9,12,15H2,3-4H3,(H,24,25);/q;+1/p-1. The Hall–Kier alpha value is -1.55. The first-order valence-electron chi connectivity index (χ1n) is 9.16. The average molecular weight is 469 g/mol. The molecule has 0 unspecified atom stereocenters. The molecule has 0 N–H and O–H groups in total. The predicted octanol–water partition coefficient (Wildman–Crippen LogP) is 0.112. The van der Waals surface area contributed by atoms with E-state index < -0.39 is 27.8 Å². The van der Waals surface area contributed by atoms with Gasteiger partial charge in [-0.15, -0.1) is 0 Å². The normalized spacial score (nSPS) is 12.5. The van der Waals surface area contributed by atoms with Gasteiger partial charge < -0.3 is 14.1 Å². The van der Waals surface area contributed by atoms with Crippen LogP contribution in [-0.4, -0.2) is 26.1 Å². The first-order valence-corrected chi connectivity index (χ1v) is 10.7. The van der Waals surface area contributed by atoms with Gasteiger partial charge in [-0.25, -0.2) is 4.79 Å². The summed E-state index contributed by atoms with van der Waals surface area (Å²) in [5.74, 6) is -2.98. The maximum Gasteiger partial charge on any atom is 1.00 e. The third kappa shape index (κ3) is 11.6. The number of hydrogen-bond acceptors (Lipinski definition) is 6. The molecule has 0 fully saturated rings. The van der Waals surface area contributed by atoms with Gasteiger partial charge in [0.2, 0.25) is 0 Å². The van der Waals surface area contributed by atoms with Crippen LogP contribution in [0, 0.1) is 0 Å². The minimum atomic E-state index is -4.15. The van der Waals surface area contributed by atoms with Crippen LogP contribution in [0.1, 0.15) is 32.3 Å². The van der Waals surface area contributed by atoms with E-state index in [2.05, 4.69) is 17.3 Å². The van der Waals surface area contributed by atoms with Gasteiger partial charge in [0.1, 0.15) is 0 Å². The quantitative estimate of drug-likeness (QED) is 0.198. The molecular weight excluding hydrogens is 443 g/mol. The molecule has 0 amide bonds. The van der Waals surface area contributed by atoms with Crippen LogP contribution in [0.3, 0.4) is 0 Å². The number of carboxylic acid groups (broad SMARTS) is 1. The molecule has 6 nitrogen and oxygen atoms in total. The fourth-order valence-corrected chi connectivity index (χ4v) is 3.26. The minimum absolute atomic E-state index is 0. The maximum atomic E-state index is 11.9. The molecule has 1 aromatic carbocycles. The van der Waals surface area contributed by atoms with Gasteiger partial charge in [-0.2, -0.15) is 8.42 Å². The molecule has 31 heavy (non-hydrogen) atoms. The van der Waals surface area contributed by atoms with Crippen LogP contribution in [0.4, 0.5) is 0 Å². The Morgan fingerprint density at radius 1 is 1.16 bits per heavy atom. The second-order valence-corrected chi connectivity index (χ2v) is 8.26. The predicted molar refractivity (Wildman–Crippen MR) is 115 cm³/mol. The molecule has 160 valence electrons. The van der Waals surface area contributed by atoms with Crippen molar-refractivity contribution >= 4 is 28.1 Å². The van der Waals surface area contributed by atoms with Gasteiger partial charge in [-0.05, 0) is 43.4 Å². The van der Waals surface area contributed by atoms with Crippen LogP contribution >= 0.6 is 0 Å². The van der Waals surface area contributed by atoms with Gasteiger partial charge in [0.05, 0.1) is 11.7 Å². The zero-order valence-electron chi connectivity index (χ0n) is 18.1. The Morgan fingerprint density at radius 2 is 1.77 bits per heavy atom. The summed E-state index contributed by atoms with van der Waals surface area (Å²) in [6.07, 6.45) is 6.41. The Bertz CT molecular complexity index is 1000. The third-order valence-corrected chi connectivity index (χ3v) is 5.12. The van der Waals surface area contributed by atoms with E-state index in [0.29, 0.717) is 5.57 Å². The van der Waals surface area contributed by atoms with Crippen molar-refractivity contribution in [2.75, 3.05) is 5.75 Å². The molecule has 8 heteroatoms. The molecular formula is C23H25KO6S. The van der Waals surface area contributed by atoms with Crippen LogP contribution in [0.15, 0.2) is 84.0 Å². The Labute approximate surface area is 226 Å². The molecule has 0 saturated carbocycles. The van der Waals surface area contributed by atoms with Gasteiger partial charge in [0, 0.05) is 5.57 Å². The number of rotatable bonds is 11. The maximum absolute atomic E-state index is 11.9. The van der Waals surface area contributed by atoms with Crippen molar-refractivity contribution in [3.63, 3.8) is 0 Å². The van der Waals surface area contributed by atoms with E-state index in [9.17, 15) is 23.1 Å². The molecule has 0 aliphatic rings. The smallest absolute Gasteiger partial charge is 0.545 e. The van der Waals surface area contributed by atoms with Gasteiger partial charge >= 0.3 is 67.5 Å². The molecule has 0 saturated heterocycles. The van der Waals surface area contributed by atoms with Crippen molar-refractivity contribution in [2.45, 2.75) is 26.7 Å². The van der Waals surface area contributed by atoms with Crippen LogP contribution in [0.5, 0.6) is 0 Å². The number of allylic oxidation sites excluding steroid dienone is 5. The first kappa shape index (κ1) is 29.4. The van der Waals surface area contributed by atoms with Gasteiger partial charge in [-0.1, -0.05) is 73.4 Å².